The molecule has 4 rings (SSSR count). The molecule has 2 heterocycles. The Labute approximate surface area is 133 Å². The van der Waals surface area contributed by atoms with Crippen LogP contribution in [0.1, 0.15) is 0 Å². The number of rotatable bonds is 2. The predicted octanol–water partition coefficient (Wildman–Crippen LogP) is 3.95. The first kappa shape index (κ1) is 13.8. The fourth-order valence-electron chi connectivity index (χ4n) is 2.33. The second-order valence-corrected chi connectivity index (χ2v) is 5.30. The molecule has 0 bridgehead atoms. The maximum Gasteiger partial charge on any atom is 0.204 e. The zero-order valence-corrected chi connectivity index (χ0v) is 12.2. The number of benzene rings is 2. The van der Waals surface area contributed by atoms with E-state index in [0.717, 1.165) is 17.6 Å². The second kappa shape index (κ2) is 5.13. The molecule has 5 nitrogen and oxygen atoms in total. The van der Waals surface area contributed by atoms with Crippen LogP contribution < -0.4 is 5.32 Å². The molecule has 0 radical (unpaired) electrons. The van der Waals surface area contributed by atoms with Crippen molar-refractivity contribution in [2.75, 3.05) is 5.32 Å². The number of hydrogen-bond donors (Lipinski definition) is 1. The smallest absolute Gasteiger partial charge is 0.204 e. The predicted molar refractivity (Wildman–Crippen MR) is 82.9 cm³/mol. The molecule has 0 amide bonds. The Hall–Kier alpha value is -2.80. The Morgan fingerprint density at radius 2 is 1.96 bits per heavy atom. The van der Waals surface area contributed by atoms with Crippen molar-refractivity contribution in [1.82, 2.24) is 19.6 Å². The minimum atomic E-state index is -0.722. The summed E-state index contributed by atoms with van der Waals surface area (Å²) in [7, 11) is 0. The van der Waals surface area contributed by atoms with Crippen molar-refractivity contribution in [1.29, 1.82) is 0 Å². The van der Waals surface area contributed by atoms with Gasteiger partial charge in [0.15, 0.2) is 5.82 Å². The van der Waals surface area contributed by atoms with Gasteiger partial charge in [-0.25, -0.2) is 13.8 Å². The van der Waals surface area contributed by atoms with Gasteiger partial charge < -0.3 is 5.32 Å². The van der Waals surface area contributed by atoms with Gasteiger partial charge in [0.05, 0.1) is 16.7 Å². The molecule has 0 aliphatic heterocycles. The number of hydrogen-bond acceptors (Lipinski definition) is 4. The van der Waals surface area contributed by atoms with Crippen LogP contribution in [-0.4, -0.2) is 19.6 Å². The van der Waals surface area contributed by atoms with Gasteiger partial charge in [-0.3, -0.25) is 4.40 Å². The maximum atomic E-state index is 13.8. The standard InChI is InChI=1S/C15H8ClF2N5/c16-8-1-3-12-13(5-8)23-7-19-22-15(23)14(21-12)20-11-4-2-9(17)6-10(11)18/h1-7H,(H,20,21). The topological polar surface area (TPSA) is 55.1 Å². The molecule has 2 aromatic carbocycles. The summed E-state index contributed by atoms with van der Waals surface area (Å²) >= 11 is 6.01. The number of halogens is 3. The molecule has 2 aromatic heterocycles. The van der Waals surface area contributed by atoms with E-state index in [-0.39, 0.29) is 5.69 Å². The van der Waals surface area contributed by atoms with Gasteiger partial charge in [0.2, 0.25) is 5.65 Å². The van der Waals surface area contributed by atoms with Gasteiger partial charge in [0, 0.05) is 11.1 Å². The molecule has 114 valence electrons. The van der Waals surface area contributed by atoms with Gasteiger partial charge in [0.1, 0.15) is 18.0 Å². The van der Waals surface area contributed by atoms with Crippen LogP contribution in [0.5, 0.6) is 0 Å². The number of aromatic nitrogens is 4. The molecule has 0 aliphatic rings. The van der Waals surface area contributed by atoms with E-state index in [9.17, 15) is 8.78 Å². The van der Waals surface area contributed by atoms with E-state index in [0.29, 0.717) is 22.0 Å². The molecule has 4 aromatic rings. The second-order valence-electron chi connectivity index (χ2n) is 4.87. The highest BCUT2D eigenvalue weighted by Gasteiger charge is 2.13. The normalized spacial score (nSPS) is 11.3. The highest BCUT2D eigenvalue weighted by Crippen LogP contribution is 2.26. The molecule has 0 spiro atoms. The fourth-order valence-corrected chi connectivity index (χ4v) is 2.50. The van der Waals surface area contributed by atoms with Crippen LogP contribution in [0.2, 0.25) is 5.02 Å². The monoisotopic (exact) mass is 331 g/mol. The Bertz CT molecular complexity index is 1050. The highest BCUT2D eigenvalue weighted by molar-refractivity contribution is 6.31. The zero-order chi connectivity index (χ0) is 16.0. The third kappa shape index (κ3) is 2.35. The minimum absolute atomic E-state index is 0.0945. The third-order valence-electron chi connectivity index (χ3n) is 3.37. The minimum Gasteiger partial charge on any atom is -0.335 e. The molecular formula is C15H8ClF2N5. The summed E-state index contributed by atoms with van der Waals surface area (Å²) in [5, 5.41) is 11.2. The molecule has 0 unspecified atom stereocenters. The quantitative estimate of drug-likeness (QED) is 0.604. The van der Waals surface area contributed by atoms with E-state index in [4.69, 9.17) is 11.6 Å². The van der Waals surface area contributed by atoms with Crippen LogP contribution in [-0.2, 0) is 0 Å². The van der Waals surface area contributed by atoms with Gasteiger partial charge in [0.25, 0.3) is 0 Å². The van der Waals surface area contributed by atoms with Crippen molar-refractivity contribution < 1.29 is 8.78 Å². The first-order valence-corrected chi connectivity index (χ1v) is 7.01. The first-order chi connectivity index (χ1) is 11.1. The van der Waals surface area contributed by atoms with E-state index >= 15 is 0 Å². The third-order valence-corrected chi connectivity index (χ3v) is 3.61. The van der Waals surface area contributed by atoms with Gasteiger partial charge in [-0.1, -0.05) is 11.6 Å². The number of nitrogens with zero attached hydrogens (tertiary/aromatic N) is 4. The van der Waals surface area contributed by atoms with Crippen LogP contribution >= 0.6 is 11.6 Å². The van der Waals surface area contributed by atoms with E-state index in [1.54, 1.807) is 22.6 Å². The van der Waals surface area contributed by atoms with Crippen molar-refractivity contribution >= 4 is 39.8 Å². The SMILES string of the molecule is Fc1ccc(Nc2nc3ccc(Cl)cc3n3cnnc23)c(F)c1. The first-order valence-electron chi connectivity index (χ1n) is 6.63. The van der Waals surface area contributed by atoms with Gasteiger partial charge in [-0.15, -0.1) is 10.2 Å². The van der Waals surface area contributed by atoms with Gasteiger partial charge >= 0.3 is 0 Å². The summed E-state index contributed by atoms with van der Waals surface area (Å²) in [5.41, 5.74) is 1.86. The molecule has 0 fully saturated rings. The summed E-state index contributed by atoms with van der Waals surface area (Å²) in [6, 6.07) is 8.43. The molecule has 23 heavy (non-hydrogen) atoms. The molecule has 0 saturated heterocycles. The number of fused-ring (bicyclic) bond motifs is 3. The Morgan fingerprint density at radius 3 is 2.78 bits per heavy atom. The zero-order valence-electron chi connectivity index (χ0n) is 11.5. The van der Waals surface area contributed by atoms with Crippen molar-refractivity contribution in [3.63, 3.8) is 0 Å². The lowest BCUT2D eigenvalue weighted by Crippen LogP contribution is -2.01. The number of anilines is 2. The summed E-state index contributed by atoms with van der Waals surface area (Å²) in [5.74, 6) is -1.06. The molecule has 0 atom stereocenters. The molecule has 8 heteroatoms. The van der Waals surface area contributed by atoms with Gasteiger partial charge in [-0.2, -0.15) is 0 Å². The van der Waals surface area contributed by atoms with Crippen LogP contribution in [0.3, 0.4) is 0 Å². The van der Waals surface area contributed by atoms with E-state index in [2.05, 4.69) is 20.5 Å². The summed E-state index contributed by atoms with van der Waals surface area (Å²) < 4.78 is 28.5. The molecule has 0 saturated carbocycles. The highest BCUT2D eigenvalue weighted by atomic mass is 35.5. The fraction of sp³-hybridized carbons (Fsp3) is 0. The average Bonchev–Trinajstić information content (AvgIpc) is 3.01. The Morgan fingerprint density at radius 1 is 1.09 bits per heavy atom. The van der Waals surface area contributed by atoms with Crippen LogP contribution in [0.4, 0.5) is 20.3 Å². The summed E-state index contributed by atoms with van der Waals surface area (Å²) in [6.45, 7) is 0. The van der Waals surface area contributed by atoms with Crippen molar-refractivity contribution in [2.45, 2.75) is 0 Å². The molecular weight excluding hydrogens is 324 g/mol. The maximum absolute atomic E-state index is 13.8. The van der Waals surface area contributed by atoms with Crippen LogP contribution in [0.25, 0.3) is 16.7 Å². The number of nitrogens with one attached hydrogen (secondary N) is 1. The largest absolute Gasteiger partial charge is 0.335 e. The lowest BCUT2D eigenvalue weighted by molar-refractivity contribution is 0.586. The summed E-state index contributed by atoms with van der Waals surface area (Å²) in [4.78, 5) is 4.42. The van der Waals surface area contributed by atoms with Gasteiger partial charge in [-0.05, 0) is 30.3 Å². The van der Waals surface area contributed by atoms with E-state index in [1.165, 1.54) is 12.4 Å². The van der Waals surface area contributed by atoms with Crippen LogP contribution in [0, 0.1) is 11.6 Å². The Kier molecular flexibility index (Phi) is 3.09. The average molecular weight is 332 g/mol. The Balaban J connectivity index is 1.91. The lowest BCUT2D eigenvalue weighted by atomic mass is 10.3. The summed E-state index contributed by atoms with van der Waals surface area (Å²) in [6.07, 6.45) is 1.52. The van der Waals surface area contributed by atoms with E-state index in [1.807, 2.05) is 0 Å². The molecule has 1 N–H and O–H groups in total. The molecule has 0 aliphatic carbocycles. The van der Waals surface area contributed by atoms with E-state index < -0.39 is 11.6 Å². The van der Waals surface area contributed by atoms with Crippen molar-refractivity contribution in [3.05, 3.63) is 59.4 Å². The lowest BCUT2D eigenvalue weighted by Gasteiger charge is -2.10. The van der Waals surface area contributed by atoms with Crippen LogP contribution in [0.15, 0.2) is 42.7 Å². The van der Waals surface area contributed by atoms with Crippen molar-refractivity contribution in [3.8, 4) is 0 Å². The van der Waals surface area contributed by atoms with Crippen molar-refractivity contribution in [2.24, 2.45) is 0 Å².